The summed E-state index contributed by atoms with van der Waals surface area (Å²) < 4.78 is 5.42. The maximum absolute atomic E-state index is 12.4. The summed E-state index contributed by atoms with van der Waals surface area (Å²) in [5.41, 5.74) is 6.21. The Bertz CT molecular complexity index is 284. The molecule has 0 radical (unpaired) electrons. The lowest BCUT2D eigenvalue weighted by Crippen LogP contribution is -2.44. The van der Waals surface area contributed by atoms with Crippen LogP contribution in [0.15, 0.2) is 0 Å². The van der Waals surface area contributed by atoms with Crippen molar-refractivity contribution in [3.8, 4) is 0 Å². The topological polar surface area (TPSA) is 52.3 Å². The first-order chi connectivity index (χ1) is 7.77. The SMILES string of the molecule is NC1C2CCC(C2)C1C(=O)C1CCCOC1. The normalized spacial score (nSPS) is 47.2. The third kappa shape index (κ3) is 1.61. The van der Waals surface area contributed by atoms with Crippen molar-refractivity contribution in [2.45, 2.75) is 38.1 Å². The molecule has 2 saturated carbocycles. The van der Waals surface area contributed by atoms with Crippen LogP contribution >= 0.6 is 0 Å². The quantitative estimate of drug-likeness (QED) is 0.769. The Morgan fingerprint density at radius 3 is 2.62 bits per heavy atom. The Labute approximate surface area is 96.7 Å². The van der Waals surface area contributed by atoms with Gasteiger partial charge in [0.1, 0.15) is 5.78 Å². The van der Waals surface area contributed by atoms with Gasteiger partial charge in [-0.15, -0.1) is 0 Å². The minimum Gasteiger partial charge on any atom is -0.381 e. The lowest BCUT2D eigenvalue weighted by Gasteiger charge is -2.31. The predicted molar refractivity (Wildman–Crippen MR) is 60.8 cm³/mol. The van der Waals surface area contributed by atoms with Crippen molar-refractivity contribution in [2.75, 3.05) is 13.2 Å². The van der Waals surface area contributed by atoms with Crippen molar-refractivity contribution in [1.82, 2.24) is 0 Å². The second-order valence-corrected chi connectivity index (χ2v) is 5.75. The molecule has 90 valence electrons. The van der Waals surface area contributed by atoms with E-state index < -0.39 is 0 Å². The summed E-state index contributed by atoms with van der Waals surface area (Å²) in [4.78, 5) is 12.4. The van der Waals surface area contributed by atoms with Gasteiger partial charge in [-0.1, -0.05) is 0 Å². The van der Waals surface area contributed by atoms with E-state index in [4.69, 9.17) is 10.5 Å². The third-order valence-corrected chi connectivity index (χ3v) is 4.87. The van der Waals surface area contributed by atoms with Crippen LogP contribution in [-0.2, 0) is 9.53 Å². The summed E-state index contributed by atoms with van der Waals surface area (Å²) in [6.45, 7) is 1.46. The van der Waals surface area contributed by atoms with Crippen molar-refractivity contribution in [3.63, 3.8) is 0 Å². The molecule has 0 amide bonds. The van der Waals surface area contributed by atoms with Crippen molar-refractivity contribution in [2.24, 2.45) is 29.4 Å². The number of rotatable bonds is 2. The lowest BCUT2D eigenvalue weighted by molar-refractivity contribution is -0.132. The third-order valence-electron chi connectivity index (χ3n) is 4.87. The Morgan fingerprint density at radius 1 is 1.19 bits per heavy atom. The molecule has 2 aliphatic carbocycles. The van der Waals surface area contributed by atoms with Gasteiger partial charge in [0.25, 0.3) is 0 Å². The van der Waals surface area contributed by atoms with Gasteiger partial charge in [0.2, 0.25) is 0 Å². The number of ketones is 1. The van der Waals surface area contributed by atoms with Crippen LogP contribution in [0.5, 0.6) is 0 Å². The zero-order valence-electron chi connectivity index (χ0n) is 9.73. The van der Waals surface area contributed by atoms with Crippen molar-refractivity contribution >= 4 is 5.78 Å². The number of carbonyl (C=O) groups is 1. The van der Waals surface area contributed by atoms with E-state index in [1.54, 1.807) is 0 Å². The maximum Gasteiger partial charge on any atom is 0.143 e. The highest BCUT2D eigenvalue weighted by atomic mass is 16.5. The first-order valence-corrected chi connectivity index (χ1v) is 6.64. The smallest absolute Gasteiger partial charge is 0.143 e. The Hall–Kier alpha value is -0.410. The van der Waals surface area contributed by atoms with Crippen LogP contribution in [0.2, 0.25) is 0 Å². The van der Waals surface area contributed by atoms with Crippen LogP contribution in [0.4, 0.5) is 0 Å². The molecular weight excluding hydrogens is 202 g/mol. The average molecular weight is 223 g/mol. The van der Waals surface area contributed by atoms with E-state index >= 15 is 0 Å². The van der Waals surface area contributed by atoms with Crippen LogP contribution in [0.1, 0.15) is 32.1 Å². The molecule has 5 unspecified atom stereocenters. The molecule has 1 saturated heterocycles. The van der Waals surface area contributed by atoms with E-state index in [9.17, 15) is 4.79 Å². The molecular formula is C13H21NO2. The summed E-state index contributed by atoms with van der Waals surface area (Å²) in [5, 5.41) is 0. The van der Waals surface area contributed by atoms with Gasteiger partial charge < -0.3 is 10.5 Å². The average Bonchev–Trinajstić information content (AvgIpc) is 2.90. The zero-order valence-corrected chi connectivity index (χ0v) is 9.73. The summed E-state index contributed by atoms with van der Waals surface area (Å²) in [6, 6.07) is 0.146. The minimum atomic E-state index is 0.143. The van der Waals surface area contributed by atoms with Crippen LogP contribution in [-0.4, -0.2) is 25.0 Å². The molecule has 3 aliphatic rings. The van der Waals surface area contributed by atoms with Gasteiger partial charge in [-0.3, -0.25) is 4.79 Å². The number of hydrogen-bond acceptors (Lipinski definition) is 3. The molecule has 5 atom stereocenters. The monoisotopic (exact) mass is 223 g/mol. The van der Waals surface area contributed by atoms with E-state index in [2.05, 4.69) is 0 Å². The van der Waals surface area contributed by atoms with Crippen molar-refractivity contribution in [3.05, 3.63) is 0 Å². The largest absolute Gasteiger partial charge is 0.381 e. The Morgan fingerprint density at radius 2 is 2.00 bits per heavy atom. The fraction of sp³-hybridized carbons (Fsp3) is 0.923. The number of ether oxygens (including phenoxy) is 1. The van der Waals surface area contributed by atoms with E-state index in [1.165, 1.54) is 19.3 Å². The van der Waals surface area contributed by atoms with E-state index in [-0.39, 0.29) is 17.9 Å². The van der Waals surface area contributed by atoms with Crippen LogP contribution in [0.25, 0.3) is 0 Å². The van der Waals surface area contributed by atoms with Crippen LogP contribution in [0.3, 0.4) is 0 Å². The Balaban J connectivity index is 1.70. The summed E-state index contributed by atoms with van der Waals surface area (Å²) in [6.07, 6.45) is 5.72. The van der Waals surface area contributed by atoms with Gasteiger partial charge in [0, 0.05) is 24.5 Å². The van der Waals surface area contributed by atoms with Gasteiger partial charge in [-0.05, 0) is 43.9 Å². The molecule has 0 aromatic heterocycles. The van der Waals surface area contributed by atoms with Crippen molar-refractivity contribution in [1.29, 1.82) is 0 Å². The van der Waals surface area contributed by atoms with E-state index in [1.807, 2.05) is 0 Å². The van der Waals surface area contributed by atoms with E-state index in [0.717, 1.165) is 19.4 Å². The highest BCUT2D eigenvalue weighted by molar-refractivity contribution is 5.85. The maximum atomic E-state index is 12.4. The second kappa shape index (κ2) is 4.11. The molecule has 3 fully saturated rings. The molecule has 0 spiro atoms. The van der Waals surface area contributed by atoms with Crippen molar-refractivity contribution < 1.29 is 9.53 Å². The molecule has 1 aliphatic heterocycles. The lowest BCUT2D eigenvalue weighted by atomic mass is 9.77. The minimum absolute atomic E-state index is 0.143. The van der Waals surface area contributed by atoms with Crippen LogP contribution in [0, 0.1) is 23.7 Å². The molecule has 16 heavy (non-hydrogen) atoms. The van der Waals surface area contributed by atoms with Gasteiger partial charge in [0.05, 0.1) is 6.61 Å². The molecule has 2 N–H and O–H groups in total. The number of nitrogens with two attached hydrogens (primary N) is 1. The van der Waals surface area contributed by atoms with Gasteiger partial charge in [-0.2, -0.15) is 0 Å². The standard InChI is InChI=1S/C13H21NO2/c14-12-9-4-3-8(6-9)11(12)13(15)10-2-1-5-16-7-10/h8-12H,1-7,14H2. The van der Waals surface area contributed by atoms with Gasteiger partial charge >= 0.3 is 0 Å². The second-order valence-electron chi connectivity index (χ2n) is 5.75. The summed E-state index contributed by atoms with van der Waals surface area (Å²) >= 11 is 0. The van der Waals surface area contributed by atoms with E-state index in [0.29, 0.717) is 24.2 Å². The molecule has 3 rings (SSSR count). The summed E-state index contributed by atoms with van der Waals surface area (Å²) in [5.74, 6) is 1.94. The van der Waals surface area contributed by atoms with Gasteiger partial charge in [-0.25, -0.2) is 0 Å². The molecule has 3 nitrogen and oxygen atoms in total. The molecule has 0 aromatic rings. The highest BCUT2D eigenvalue weighted by Gasteiger charge is 2.50. The predicted octanol–water partition coefficient (Wildman–Crippen LogP) is 1.36. The van der Waals surface area contributed by atoms with Crippen LogP contribution < -0.4 is 5.73 Å². The number of fused-ring (bicyclic) bond motifs is 2. The fourth-order valence-electron chi connectivity index (χ4n) is 4.00. The number of carbonyl (C=O) groups excluding carboxylic acids is 1. The molecule has 1 heterocycles. The Kier molecular flexibility index (Phi) is 2.76. The molecule has 2 bridgehead atoms. The molecule has 3 heteroatoms. The number of Topliss-reactive ketones (excluding diaryl/α,β-unsaturated/α-hetero) is 1. The summed E-state index contributed by atoms with van der Waals surface area (Å²) in [7, 11) is 0. The number of hydrogen-bond donors (Lipinski definition) is 1. The molecule has 0 aromatic carbocycles. The zero-order chi connectivity index (χ0) is 11.1. The fourth-order valence-corrected chi connectivity index (χ4v) is 4.00. The highest BCUT2D eigenvalue weighted by Crippen LogP contribution is 2.48. The first-order valence-electron chi connectivity index (χ1n) is 6.64. The first kappa shape index (κ1) is 10.7. The van der Waals surface area contributed by atoms with Gasteiger partial charge in [0.15, 0.2) is 0 Å².